The van der Waals surface area contributed by atoms with Crippen molar-refractivity contribution in [2.75, 3.05) is 19.6 Å². The van der Waals surface area contributed by atoms with E-state index in [0.29, 0.717) is 0 Å². The van der Waals surface area contributed by atoms with Crippen LogP contribution in [0.25, 0.3) is 0 Å². The Kier molecular flexibility index (Phi) is 6.12. The van der Waals surface area contributed by atoms with Gasteiger partial charge in [0, 0.05) is 6.04 Å². The summed E-state index contributed by atoms with van der Waals surface area (Å²) in [5.41, 5.74) is 6.95. The lowest BCUT2D eigenvalue weighted by Crippen LogP contribution is -2.29. The van der Waals surface area contributed by atoms with E-state index in [-0.39, 0.29) is 11.9 Å². The molecule has 3 nitrogen and oxygen atoms in total. The maximum Gasteiger partial charge on any atom is 0.141 e. The lowest BCUT2D eigenvalue weighted by Gasteiger charge is -2.22. The van der Waals surface area contributed by atoms with E-state index in [4.69, 9.17) is 5.73 Å². The number of nitrogens with two attached hydrogens (primary N) is 1. The average molecular weight is 293 g/mol. The van der Waals surface area contributed by atoms with Crippen molar-refractivity contribution in [3.05, 3.63) is 29.8 Å². The van der Waals surface area contributed by atoms with Gasteiger partial charge in [0.1, 0.15) is 5.82 Å². The zero-order valence-electron chi connectivity index (χ0n) is 13.3. The van der Waals surface area contributed by atoms with E-state index in [1.807, 2.05) is 0 Å². The molecule has 0 aliphatic carbocycles. The molecule has 1 aliphatic heterocycles. The standard InChI is InChI=1S/C17H28FN3/c1-13(2)14-4-3-9-21(10-7-14)11-8-16(19)17-6-5-15(18)12-20-17/h5-6,12-14,16H,3-4,7-11,19H2,1-2H3. The highest BCUT2D eigenvalue weighted by molar-refractivity contribution is 5.09. The van der Waals surface area contributed by atoms with E-state index in [9.17, 15) is 4.39 Å². The maximum atomic E-state index is 12.9. The molecule has 21 heavy (non-hydrogen) atoms. The third kappa shape index (κ3) is 5.04. The molecule has 1 aromatic heterocycles. The Balaban J connectivity index is 1.78. The average Bonchev–Trinajstić information content (AvgIpc) is 2.71. The number of rotatable bonds is 5. The Bertz CT molecular complexity index is 419. The van der Waals surface area contributed by atoms with E-state index >= 15 is 0 Å². The highest BCUT2D eigenvalue weighted by Crippen LogP contribution is 2.25. The highest BCUT2D eigenvalue weighted by Gasteiger charge is 2.20. The van der Waals surface area contributed by atoms with E-state index in [0.717, 1.165) is 30.5 Å². The minimum absolute atomic E-state index is 0.102. The van der Waals surface area contributed by atoms with Gasteiger partial charge in [-0.05, 0) is 69.3 Å². The molecule has 118 valence electrons. The minimum atomic E-state index is -0.307. The van der Waals surface area contributed by atoms with Crippen molar-refractivity contribution in [3.8, 4) is 0 Å². The van der Waals surface area contributed by atoms with Crippen LogP contribution in [0.2, 0.25) is 0 Å². The van der Waals surface area contributed by atoms with Gasteiger partial charge in [-0.25, -0.2) is 4.39 Å². The first-order valence-electron chi connectivity index (χ1n) is 8.15. The molecular weight excluding hydrogens is 265 g/mol. The summed E-state index contributed by atoms with van der Waals surface area (Å²) in [6, 6.07) is 3.02. The van der Waals surface area contributed by atoms with Crippen LogP contribution in [-0.4, -0.2) is 29.5 Å². The van der Waals surface area contributed by atoms with Gasteiger partial charge < -0.3 is 10.6 Å². The quantitative estimate of drug-likeness (QED) is 0.905. The first-order chi connectivity index (χ1) is 10.1. The summed E-state index contributed by atoms with van der Waals surface area (Å²) in [6.45, 7) is 8.01. The number of halogens is 1. The summed E-state index contributed by atoms with van der Waals surface area (Å²) in [5.74, 6) is 1.34. The van der Waals surface area contributed by atoms with Crippen LogP contribution in [0.1, 0.15) is 51.3 Å². The van der Waals surface area contributed by atoms with Gasteiger partial charge in [0.15, 0.2) is 0 Å². The summed E-state index contributed by atoms with van der Waals surface area (Å²) < 4.78 is 12.9. The van der Waals surface area contributed by atoms with Crippen molar-refractivity contribution in [1.82, 2.24) is 9.88 Å². The number of hydrogen-bond donors (Lipinski definition) is 1. The summed E-state index contributed by atoms with van der Waals surface area (Å²) in [6.07, 6.45) is 6.05. The normalized spacial score (nSPS) is 22.2. The lowest BCUT2D eigenvalue weighted by atomic mass is 9.89. The largest absolute Gasteiger partial charge is 0.323 e. The van der Waals surface area contributed by atoms with Gasteiger partial charge >= 0.3 is 0 Å². The molecule has 4 heteroatoms. The fourth-order valence-electron chi connectivity index (χ4n) is 3.15. The van der Waals surface area contributed by atoms with Crippen LogP contribution in [0.4, 0.5) is 4.39 Å². The minimum Gasteiger partial charge on any atom is -0.323 e. The van der Waals surface area contributed by atoms with Crippen LogP contribution in [0.5, 0.6) is 0 Å². The molecule has 2 atom stereocenters. The van der Waals surface area contributed by atoms with Crippen LogP contribution < -0.4 is 5.73 Å². The Morgan fingerprint density at radius 2 is 2.14 bits per heavy atom. The molecule has 1 saturated heterocycles. The van der Waals surface area contributed by atoms with Crippen molar-refractivity contribution in [2.45, 2.75) is 45.6 Å². The number of nitrogens with zero attached hydrogens (tertiary/aromatic N) is 2. The Labute approximate surface area is 127 Å². The van der Waals surface area contributed by atoms with Crippen LogP contribution in [0, 0.1) is 17.7 Å². The number of pyridine rings is 1. The van der Waals surface area contributed by atoms with Crippen molar-refractivity contribution < 1.29 is 4.39 Å². The van der Waals surface area contributed by atoms with Gasteiger partial charge in [0.05, 0.1) is 11.9 Å². The smallest absolute Gasteiger partial charge is 0.141 e. The molecule has 0 amide bonds. The molecule has 0 spiro atoms. The molecule has 1 aromatic rings. The molecule has 0 radical (unpaired) electrons. The fourth-order valence-corrected chi connectivity index (χ4v) is 3.15. The van der Waals surface area contributed by atoms with Gasteiger partial charge in [-0.2, -0.15) is 0 Å². The monoisotopic (exact) mass is 293 g/mol. The molecule has 2 rings (SSSR count). The SMILES string of the molecule is CC(C)C1CCCN(CCC(N)c2ccc(F)cn2)CC1. The molecule has 2 N–H and O–H groups in total. The summed E-state index contributed by atoms with van der Waals surface area (Å²) in [7, 11) is 0. The van der Waals surface area contributed by atoms with Crippen molar-refractivity contribution in [3.63, 3.8) is 0 Å². The van der Waals surface area contributed by atoms with Crippen LogP contribution in [-0.2, 0) is 0 Å². The van der Waals surface area contributed by atoms with Crippen LogP contribution >= 0.6 is 0 Å². The van der Waals surface area contributed by atoms with Gasteiger partial charge in [-0.1, -0.05) is 13.8 Å². The van der Waals surface area contributed by atoms with Gasteiger partial charge in [-0.15, -0.1) is 0 Å². The first-order valence-corrected chi connectivity index (χ1v) is 8.15. The second kappa shape index (κ2) is 7.85. The van der Waals surface area contributed by atoms with E-state index in [1.54, 1.807) is 6.07 Å². The molecule has 2 unspecified atom stereocenters. The van der Waals surface area contributed by atoms with Gasteiger partial charge in [0.25, 0.3) is 0 Å². The van der Waals surface area contributed by atoms with E-state index < -0.39 is 0 Å². The fraction of sp³-hybridized carbons (Fsp3) is 0.706. The topological polar surface area (TPSA) is 42.1 Å². The number of hydrogen-bond acceptors (Lipinski definition) is 3. The molecule has 2 heterocycles. The zero-order valence-corrected chi connectivity index (χ0v) is 13.3. The third-order valence-corrected chi connectivity index (χ3v) is 4.69. The molecule has 1 fully saturated rings. The predicted molar refractivity (Wildman–Crippen MR) is 84.4 cm³/mol. The highest BCUT2D eigenvalue weighted by atomic mass is 19.1. The maximum absolute atomic E-state index is 12.9. The predicted octanol–water partition coefficient (Wildman–Crippen LogP) is 3.37. The Morgan fingerprint density at radius 1 is 1.33 bits per heavy atom. The molecular formula is C17H28FN3. The summed E-state index contributed by atoms with van der Waals surface area (Å²) in [5, 5.41) is 0. The Hall–Kier alpha value is -1.00. The van der Waals surface area contributed by atoms with Crippen molar-refractivity contribution in [2.24, 2.45) is 17.6 Å². The van der Waals surface area contributed by atoms with Gasteiger partial charge in [0.2, 0.25) is 0 Å². The second-order valence-electron chi connectivity index (χ2n) is 6.57. The van der Waals surface area contributed by atoms with Crippen molar-refractivity contribution in [1.29, 1.82) is 0 Å². The van der Waals surface area contributed by atoms with E-state index in [2.05, 4.69) is 23.7 Å². The molecule has 0 aromatic carbocycles. The van der Waals surface area contributed by atoms with Crippen LogP contribution in [0.15, 0.2) is 18.3 Å². The van der Waals surface area contributed by atoms with Crippen molar-refractivity contribution >= 4 is 0 Å². The number of likely N-dealkylation sites (tertiary alicyclic amines) is 1. The lowest BCUT2D eigenvalue weighted by molar-refractivity contribution is 0.262. The van der Waals surface area contributed by atoms with Crippen LogP contribution in [0.3, 0.4) is 0 Å². The number of aromatic nitrogens is 1. The molecule has 1 aliphatic rings. The summed E-state index contributed by atoms with van der Waals surface area (Å²) in [4.78, 5) is 6.60. The Morgan fingerprint density at radius 3 is 2.81 bits per heavy atom. The molecule has 0 saturated carbocycles. The summed E-state index contributed by atoms with van der Waals surface area (Å²) >= 11 is 0. The third-order valence-electron chi connectivity index (χ3n) is 4.69. The van der Waals surface area contributed by atoms with Gasteiger partial charge in [-0.3, -0.25) is 4.98 Å². The first kappa shape index (κ1) is 16.4. The molecule has 0 bridgehead atoms. The van der Waals surface area contributed by atoms with E-state index in [1.165, 1.54) is 44.6 Å². The second-order valence-corrected chi connectivity index (χ2v) is 6.57. The zero-order chi connectivity index (χ0) is 15.2.